The van der Waals surface area contributed by atoms with Crippen molar-refractivity contribution >= 4 is 34.3 Å². The number of amides is 1. The minimum absolute atomic E-state index is 0.00736. The summed E-state index contributed by atoms with van der Waals surface area (Å²) >= 11 is 0. The molecule has 1 saturated heterocycles. The van der Waals surface area contributed by atoms with Gasteiger partial charge >= 0.3 is 0 Å². The number of nitrogens with zero attached hydrogens (tertiary/aromatic N) is 6. The molecule has 2 aliphatic heterocycles. The van der Waals surface area contributed by atoms with Crippen LogP contribution >= 0.6 is 0 Å². The number of piperazine rings is 1. The summed E-state index contributed by atoms with van der Waals surface area (Å²) in [6.07, 6.45) is 6.45. The minimum Gasteiger partial charge on any atom is -0.365 e. The molecule has 0 unspecified atom stereocenters. The first-order chi connectivity index (χ1) is 18.8. The number of likely N-dealkylation sites (N-methyl/N-ethyl adjacent to an activating group) is 1. The van der Waals surface area contributed by atoms with Crippen molar-refractivity contribution in [1.82, 2.24) is 19.8 Å². The molecule has 5 rings (SSSR count). The van der Waals surface area contributed by atoms with Crippen LogP contribution in [-0.4, -0.2) is 78.0 Å². The van der Waals surface area contributed by atoms with Gasteiger partial charge in [-0.15, -0.1) is 0 Å². The highest BCUT2D eigenvalue weighted by atomic mass is 16.2. The van der Waals surface area contributed by atoms with E-state index in [-0.39, 0.29) is 18.0 Å². The Kier molecular flexibility index (Phi) is 7.71. The van der Waals surface area contributed by atoms with Crippen molar-refractivity contribution in [3.05, 3.63) is 77.8 Å². The van der Waals surface area contributed by atoms with Crippen LogP contribution in [0.15, 0.2) is 55.1 Å². The van der Waals surface area contributed by atoms with Crippen LogP contribution in [-0.2, 0) is 17.8 Å². The first-order valence-corrected chi connectivity index (χ1v) is 13.9. The van der Waals surface area contributed by atoms with E-state index in [1.165, 1.54) is 33.7 Å². The van der Waals surface area contributed by atoms with Crippen molar-refractivity contribution in [1.29, 1.82) is 0 Å². The minimum atomic E-state index is -0.00736. The van der Waals surface area contributed by atoms with E-state index >= 15 is 0 Å². The molecule has 2 aromatic carbocycles. The van der Waals surface area contributed by atoms with Crippen LogP contribution in [0.2, 0.25) is 0 Å². The number of aromatic nitrogens is 2. The highest BCUT2D eigenvalue weighted by molar-refractivity contribution is 5.97. The number of carbonyl (C=O) groups excluding carboxylic acids is 1. The quantitative estimate of drug-likeness (QED) is 0.436. The van der Waals surface area contributed by atoms with Gasteiger partial charge in [-0.2, -0.15) is 0 Å². The Morgan fingerprint density at radius 1 is 1.10 bits per heavy atom. The van der Waals surface area contributed by atoms with Crippen molar-refractivity contribution in [2.24, 2.45) is 0 Å². The highest BCUT2D eigenvalue weighted by Gasteiger charge is 2.34. The van der Waals surface area contributed by atoms with E-state index in [0.717, 1.165) is 49.9 Å². The Morgan fingerprint density at radius 2 is 1.87 bits per heavy atom. The number of hydrogen-bond donors (Lipinski definition) is 0. The van der Waals surface area contributed by atoms with Crippen molar-refractivity contribution in [2.75, 3.05) is 50.1 Å². The van der Waals surface area contributed by atoms with Gasteiger partial charge in [0.15, 0.2) is 5.82 Å². The second kappa shape index (κ2) is 11.2. The van der Waals surface area contributed by atoms with Gasteiger partial charge in [-0.1, -0.05) is 43.0 Å². The second-order valence-electron chi connectivity index (χ2n) is 11.2. The molecule has 0 saturated carbocycles. The van der Waals surface area contributed by atoms with Gasteiger partial charge in [-0.05, 0) is 70.5 Å². The summed E-state index contributed by atoms with van der Waals surface area (Å²) in [6, 6.07) is 13.3. The number of rotatable bonds is 6. The summed E-state index contributed by atoms with van der Waals surface area (Å²) in [6.45, 7) is 14.0. The molecule has 3 heterocycles. The Hall–Kier alpha value is -3.71. The van der Waals surface area contributed by atoms with E-state index in [4.69, 9.17) is 9.97 Å². The van der Waals surface area contributed by atoms with Gasteiger partial charge in [0.25, 0.3) is 0 Å². The van der Waals surface area contributed by atoms with E-state index in [9.17, 15) is 4.79 Å². The van der Waals surface area contributed by atoms with Gasteiger partial charge in [-0.3, -0.25) is 4.79 Å². The SMILES string of the molecule is C=CC(=O)N1C[C@H](C)N(c2nc(/C=C/CN(C)C)nc3c2CCN(c2cccc4cccc(C)c24)C3)C[C@H]1C. The first-order valence-electron chi connectivity index (χ1n) is 13.9. The fraction of sp³-hybridized carbons (Fsp3) is 0.406. The zero-order valence-corrected chi connectivity index (χ0v) is 23.9. The van der Waals surface area contributed by atoms with Gasteiger partial charge in [-0.25, -0.2) is 9.97 Å². The van der Waals surface area contributed by atoms with E-state index < -0.39 is 0 Å². The zero-order valence-electron chi connectivity index (χ0n) is 23.9. The molecule has 0 bridgehead atoms. The Morgan fingerprint density at radius 3 is 2.62 bits per heavy atom. The summed E-state index contributed by atoms with van der Waals surface area (Å²) in [5, 5.41) is 2.58. The standard InChI is InChI=1S/C32H40N6O/c1-7-30(39)37-19-24(4)38(20-23(37)3)32-26-16-18-36(21-27(26)33-29(34-32)15-10-17-35(5)6)28-14-9-13-25-12-8-11-22(2)31(25)28/h7-15,23-24H,1,16-21H2,2-6H3/b15-10+/t23-,24+/m1/s1. The molecule has 1 amide bonds. The average Bonchev–Trinajstić information content (AvgIpc) is 2.92. The van der Waals surface area contributed by atoms with Crippen LogP contribution in [0.1, 0.15) is 36.5 Å². The predicted molar refractivity (Wildman–Crippen MR) is 161 cm³/mol. The van der Waals surface area contributed by atoms with Gasteiger partial charge in [0.1, 0.15) is 5.82 Å². The molecule has 1 fully saturated rings. The molecule has 39 heavy (non-hydrogen) atoms. The number of aryl methyl sites for hydroxylation is 1. The van der Waals surface area contributed by atoms with Crippen LogP contribution < -0.4 is 9.80 Å². The lowest BCUT2D eigenvalue weighted by atomic mass is 9.99. The fourth-order valence-electron chi connectivity index (χ4n) is 5.93. The van der Waals surface area contributed by atoms with E-state index in [2.05, 4.69) is 98.6 Å². The topological polar surface area (TPSA) is 55.8 Å². The van der Waals surface area contributed by atoms with E-state index in [1.807, 2.05) is 11.0 Å². The Bertz CT molecular complexity index is 1410. The lowest BCUT2D eigenvalue weighted by Crippen LogP contribution is -2.58. The Labute approximate surface area is 232 Å². The second-order valence-corrected chi connectivity index (χ2v) is 11.2. The summed E-state index contributed by atoms with van der Waals surface area (Å²) in [5.41, 5.74) is 4.88. The number of benzene rings is 2. The van der Waals surface area contributed by atoms with Gasteiger partial charge in [0.2, 0.25) is 5.91 Å². The number of anilines is 2. The predicted octanol–water partition coefficient (Wildman–Crippen LogP) is 4.69. The van der Waals surface area contributed by atoms with Gasteiger partial charge < -0.3 is 19.6 Å². The lowest BCUT2D eigenvalue weighted by molar-refractivity contribution is -0.128. The van der Waals surface area contributed by atoms with Crippen molar-refractivity contribution in [3.8, 4) is 0 Å². The molecule has 7 heteroatoms. The average molecular weight is 525 g/mol. The third-order valence-electron chi connectivity index (χ3n) is 7.95. The monoisotopic (exact) mass is 524 g/mol. The van der Waals surface area contributed by atoms with Crippen LogP contribution in [0.25, 0.3) is 16.8 Å². The molecule has 2 atom stereocenters. The third kappa shape index (κ3) is 5.41. The van der Waals surface area contributed by atoms with Crippen LogP contribution in [0.4, 0.5) is 11.5 Å². The molecule has 0 spiro atoms. The maximum Gasteiger partial charge on any atom is 0.246 e. The van der Waals surface area contributed by atoms with Crippen LogP contribution in [0.5, 0.6) is 0 Å². The molecule has 0 radical (unpaired) electrons. The molecular weight excluding hydrogens is 484 g/mol. The Balaban J connectivity index is 1.53. The van der Waals surface area contributed by atoms with E-state index in [0.29, 0.717) is 6.54 Å². The summed E-state index contributed by atoms with van der Waals surface area (Å²) < 4.78 is 0. The highest BCUT2D eigenvalue weighted by Crippen LogP contribution is 2.35. The maximum absolute atomic E-state index is 12.5. The van der Waals surface area contributed by atoms with Crippen molar-refractivity contribution < 1.29 is 4.79 Å². The molecule has 2 aliphatic rings. The molecule has 0 N–H and O–H groups in total. The molecular formula is C32H40N6O. The molecule has 3 aromatic rings. The largest absolute Gasteiger partial charge is 0.365 e. The normalized spacial score (nSPS) is 19.7. The van der Waals surface area contributed by atoms with Gasteiger partial charge in [0, 0.05) is 54.9 Å². The van der Waals surface area contributed by atoms with E-state index in [1.54, 1.807) is 0 Å². The summed E-state index contributed by atoms with van der Waals surface area (Å²) in [5.74, 6) is 1.75. The molecule has 0 aliphatic carbocycles. The van der Waals surface area contributed by atoms with Gasteiger partial charge in [0.05, 0.1) is 12.2 Å². The zero-order chi connectivity index (χ0) is 27.7. The third-order valence-corrected chi connectivity index (χ3v) is 7.95. The van der Waals surface area contributed by atoms with Crippen molar-refractivity contribution in [2.45, 2.75) is 45.8 Å². The number of carbonyl (C=O) groups is 1. The smallest absolute Gasteiger partial charge is 0.246 e. The number of hydrogen-bond acceptors (Lipinski definition) is 6. The maximum atomic E-state index is 12.5. The van der Waals surface area contributed by atoms with Crippen LogP contribution in [0, 0.1) is 6.92 Å². The van der Waals surface area contributed by atoms with Crippen LogP contribution in [0.3, 0.4) is 0 Å². The van der Waals surface area contributed by atoms with Crippen molar-refractivity contribution in [3.63, 3.8) is 0 Å². The number of fused-ring (bicyclic) bond motifs is 2. The summed E-state index contributed by atoms with van der Waals surface area (Å²) in [7, 11) is 4.11. The lowest BCUT2D eigenvalue weighted by Gasteiger charge is -2.45. The fourth-order valence-corrected chi connectivity index (χ4v) is 5.93. The summed E-state index contributed by atoms with van der Waals surface area (Å²) in [4.78, 5) is 31.6. The molecule has 1 aromatic heterocycles. The molecule has 204 valence electrons. The first kappa shape index (κ1) is 26.9. The molecule has 7 nitrogen and oxygen atoms in total.